The van der Waals surface area contributed by atoms with E-state index in [1.165, 1.54) is 24.1 Å². The van der Waals surface area contributed by atoms with Gasteiger partial charge in [-0.2, -0.15) is 0 Å². The molecule has 2 N–H and O–H groups in total. The molecule has 0 atom stereocenters. The summed E-state index contributed by atoms with van der Waals surface area (Å²) in [6.07, 6.45) is 5.52. The average molecular weight is 398 g/mol. The van der Waals surface area contributed by atoms with Crippen molar-refractivity contribution in [3.05, 3.63) is 47.0 Å². The zero-order chi connectivity index (χ0) is 21.0. The van der Waals surface area contributed by atoms with Crippen molar-refractivity contribution in [3.63, 3.8) is 0 Å². The molecular weight excluding hydrogens is 362 g/mol. The van der Waals surface area contributed by atoms with Crippen molar-refractivity contribution in [2.24, 2.45) is 5.92 Å². The van der Waals surface area contributed by atoms with Crippen molar-refractivity contribution < 1.29 is 9.84 Å². The summed E-state index contributed by atoms with van der Waals surface area (Å²) in [5, 5.41) is 13.8. The van der Waals surface area contributed by atoms with Crippen LogP contribution in [0.25, 0.3) is 0 Å². The average Bonchev–Trinajstić information content (AvgIpc) is 2.67. The van der Waals surface area contributed by atoms with Crippen LogP contribution < -0.4 is 5.32 Å². The molecule has 1 aromatic carbocycles. The molecule has 1 aliphatic rings. The number of anilines is 1. The first-order chi connectivity index (χ1) is 13.8. The lowest BCUT2D eigenvalue weighted by atomic mass is 9.83. The minimum atomic E-state index is 0.154. The largest absolute Gasteiger partial charge is 0.504 e. The highest BCUT2D eigenvalue weighted by Gasteiger charge is 2.23. The molecule has 5 heteroatoms. The maximum Gasteiger partial charge on any atom is 0.160 e. The minimum Gasteiger partial charge on any atom is -0.504 e. The molecule has 5 nitrogen and oxygen atoms in total. The van der Waals surface area contributed by atoms with Crippen LogP contribution in [-0.2, 0) is 23.2 Å². The number of hydrogen-bond donors (Lipinski definition) is 2. The van der Waals surface area contributed by atoms with Gasteiger partial charge in [0, 0.05) is 25.3 Å². The molecule has 0 bridgehead atoms. The van der Waals surface area contributed by atoms with E-state index in [0.717, 1.165) is 25.1 Å². The third-order valence-electron chi connectivity index (χ3n) is 5.90. The van der Waals surface area contributed by atoms with E-state index < -0.39 is 0 Å². The predicted molar refractivity (Wildman–Crippen MR) is 117 cm³/mol. The lowest BCUT2D eigenvalue weighted by Gasteiger charge is -2.30. The van der Waals surface area contributed by atoms with Gasteiger partial charge >= 0.3 is 0 Å². The number of nitrogens with one attached hydrogen (secondary N) is 1. The molecular formula is C24H35N3O2. The molecule has 2 aromatic rings. The zero-order valence-electron chi connectivity index (χ0n) is 18.5. The summed E-state index contributed by atoms with van der Waals surface area (Å²) >= 11 is 0. The minimum absolute atomic E-state index is 0.154. The first-order valence-electron chi connectivity index (χ1n) is 10.7. The molecule has 3 rings (SSSR count). The molecule has 1 aromatic heterocycles. The van der Waals surface area contributed by atoms with Gasteiger partial charge in [-0.15, -0.1) is 0 Å². The van der Waals surface area contributed by atoms with Crippen molar-refractivity contribution >= 4 is 5.69 Å². The summed E-state index contributed by atoms with van der Waals surface area (Å²) in [6.45, 7) is 8.87. The summed E-state index contributed by atoms with van der Waals surface area (Å²) < 4.78 is 5.15. The standard InChI is InChI=1S/C24H35N3O2/c1-16-23(28)21(15-29-5)27-22(25-16)14-17-6-10-19(11-7-17)26-20-12-8-18(9-13-20)24(2,3)4/h8-9,12-13,17,19,26,28H,6-7,10-11,14-15H2,1-5H3. The molecule has 1 fully saturated rings. The van der Waals surface area contributed by atoms with Gasteiger partial charge in [-0.25, -0.2) is 9.97 Å². The van der Waals surface area contributed by atoms with Gasteiger partial charge in [0.05, 0.1) is 12.3 Å². The summed E-state index contributed by atoms with van der Waals surface area (Å²) in [5.74, 6) is 1.57. The van der Waals surface area contributed by atoms with Crippen molar-refractivity contribution in [1.82, 2.24) is 9.97 Å². The Hall–Kier alpha value is -2.14. The normalized spacial score (nSPS) is 19.9. The number of benzene rings is 1. The fourth-order valence-electron chi connectivity index (χ4n) is 4.09. The van der Waals surface area contributed by atoms with Gasteiger partial charge in [0.2, 0.25) is 0 Å². The van der Waals surface area contributed by atoms with Gasteiger partial charge in [0.25, 0.3) is 0 Å². The molecule has 0 aliphatic heterocycles. The number of rotatable bonds is 6. The van der Waals surface area contributed by atoms with Crippen LogP contribution in [0.15, 0.2) is 24.3 Å². The molecule has 0 spiro atoms. The predicted octanol–water partition coefficient (Wildman–Crippen LogP) is 5.15. The van der Waals surface area contributed by atoms with E-state index in [1.807, 2.05) is 6.92 Å². The molecule has 0 amide bonds. The van der Waals surface area contributed by atoms with E-state index in [4.69, 9.17) is 4.74 Å². The Bertz CT molecular complexity index is 804. The Labute approximate surface area is 174 Å². The van der Waals surface area contributed by atoms with Crippen molar-refractivity contribution in [1.29, 1.82) is 0 Å². The molecule has 29 heavy (non-hydrogen) atoms. The van der Waals surface area contributed by atoms with E-state index in [0.29, 0.717) is 30.0 Å². The van der Waals surface area contributed by atoms with Gasteiger partial charge in [-0.05, 0) is 61.6 Å². The Kier molecular flexibility index (Phi) is 6.78. The summed E-state index contributed by atoms with van der Waals surface area (Å²) in [4.78, 5) is 9.02. The molecule has 1 heterocycles. The van der Waals surface area contributed by atoms with E-state index in [2.05, 4.69) is 60.3 Å². The monoisotopic (exact) mass is 397 g/mol. The van der Waals surface area contributed by atoms with Crippen molar-refractivity contribution in [2.75, 3.05) is 12.4 Å². The first kappa shape index (κ1) is 21.6. The molecule has 158 valence electrons. The molecule has 1 aliphatic carbocycles. The van der Waals surface area contributed by atoms with Gasteiger partial charge in [-0.3, -0.25) is 0 Å². The summed E-state index contributed by atoms with van der Waals surface area (Å²) in [5.41, 5.74) is 3.99. The number of hydrogen-bond acceptors (Lipinski definition) is 5. The molecule has 0 radical (unpaired) electrons. The smallest absolute Gasteiger partial charge is 0.160 e. The number of methoxy groups -OCH3 is 1. The molecule has 0 saturated heterocycles. The molecule has 0 unspecified atom stereocenters. The second-order valence-electron chi connectivity index (χ2n) is 9.35. The maximum absolute atomic E-state index is 10.1. The highest BCUT2D eigenvalue weighted by Crippen LogP contribution is 2.30. The third-order valence-corrected chi connectivity index (χ3v) is 5.90. The van der Waals surface area contributed by atoms with E-state index in [1.54, 1.807) is 7.11 Å². The highest BCUT2D eigenvalue weighted by atomic mass is 16.5. The van der Waals surface area contributed by atoms with Crippen LogP contribution in [-0.4, -0.2) is 28.2 Å². The third kappa shape index (κ3) is 5.69. The second kappa shape index (κ2) is 9.12. The van der Waals surface area contributed by atoms with E-state index in [9.17, 15) is 5.11 Å². The number of aromatic nitrogens is 2. The lowest BCUT2D eigenvalue weighted by Crippen LogP contribution is -2.27. The lowest BCUT2D eigenvalue weighted by molar-refractivity contribution is 0.177. The number of aryl methyl sites for hydroxylation is 1. The fourth-order valence-corrected chi connectivity index (χ4v) is 4.09. The zero-order valence-corrected chi connectivity index (χ0v) is 18.5. The topological polar surface area (TPSA) is 67.3 Å². The van der Waals surface area contributed by atoms with Crippen LogP contribution >= 0.6 is 0 Å². The van der Waals surface area contributed by atoms with Crippen LogP contribution in [0.1, 0.15) is 69.2 Å². The van der Waals surface area contributed by atoms with Crippen LogP contribution in [0.2, 0.25) is 0 Å². The molecule has 1 saturated carbocycles. The Morgan fingerprint density at radius 3 is 2.31 bits per heavy atom. The Morgan fingerprint density at radius 1 is 1.07 bits per heavy atom. The SMILES string of the molecule is COCc1nc(CC2CCC(Nc3ccc(C(C)(C)C)cc3)CC2)nc(C)c1O. The Balaban J connectivity index is 1.53. The summed E-state index contributed by atoms with van der Waals surface area (Å²) in [6, 6.07) is 9.40. The van der Waals surface area contributed by atoms with Crippen molar-refractivity contribution in [2.45, 2.75) is 77.9 Å². The van der Waals surface area contributed by atoms with Crippen LogP contribution in [0.3, 0.4) is 0 Å². The van der Waals surface area contributed by atoms with Crippen LogP contribution in [0, 0.1) is 12.8 Å². The van der Waals surface area contributed by atoms with Crippen LogP contribution in [0.5, 0.6) is 5.75 Å². The van der Waals surface area contributed by atoms with E-state index >= 15 is 0 Å². The van der Waals surface area contributed by atoms with Gasteiger partial charge in [0.15, 0.2) is 5.75 Å². The number of aromatic hydroxyl groups is 1. The van der Waals surface area contributed by atoms with E-state index in [-0.39, 0.29) is 11.2 Å². The first-order valence-corrected chi connectivity index (χ1v) is 10.7. The number of nitrogens with zero attached hydrogens (tertiary/aromatic N) is 2. The fraction of sp³-hybridized carbons (Fsp3) is 0.583. The van der Waals surface area contributed by atoms with Crippen LogP contribution in [0.4, 0.5) is 5.69 Å². The highest BCUT2D eigenvalue weighted by molar-refractivity contribution is 5.46. The summed E-state index contributed by atoms with van der Waals surface area (Å²) in [7, 11) is 1.61. The number of ether oxygens (including phenoxy) is 1. The second-order valence-corrected chi connectivity index (χ2v) is 9.35. The van der Waals surface area contributed by atoms with Gasteiger partial charge in [0.1, 0.15) is 11.5 Å². The van der Waals surface area contributed by atoms with Crippen molar-refractivity contribution in [3.8, 4) is 5.75 Å². The quantitative estimate of drug-likeness (QED) is 0.706. The Morgan fingerprint density at radius 2 is 1.72 bits per heavy atom. The maximum atomic E-state index is 10.1. The van der Waals surface area contributed by atoms with Gasteiger partial charge in [-0.1, -0.05) is 32.9 Å². The van der Waals surface area contributed by atoms with Gasteiger partial charge < -0.3 is 15.2 Å².